The second-order valence-electron chi connectivity index (χ2n) is 5.11. The predicted octanol–water partition coefficient (Wildman–Crippen LogP) is 1.57. The lowest BCUT2D eigenvalue weighted by Gasteiger charge is -2.08. The molecule has 7 nitrogen and oxygen atoms in total. The van der Waals surface area contributed by atoms with Gasteiger partial charge in [-0.1, -0.05) is 6.07 Å². The van der Waals surface area contributed by atoms with Gasteiger partial charge in [-0.15, -0.1) is 10.2 Å². The average molecular weight is 303 g/mol. The predicted molar refractivity (Wildman–Crippen MR) is 77.1 cm³/mol. The first-order chi connectivity index (χ1) is 10.7. The third-order valence-electron chi connectivity index (χ3n) is 3.38. The number of hydrogen-bond acceptors (Lipinski definition) is 6. The molecule has 0 atom stereocenters. The molecule has 1 aromatic heterocycles. The van der Waals surface area contributed by atoms with Gasteiger partial charge in [-0.25, -0.2) is 0 Å². The molecular formula is C15H17N3O4. The Labute approximate surface area is 127 Å². The molecule has 0 unspecified atom stereocenters. The minimum Gasteiger partial charge on any atom is -0.493 e. The second-order valence-corrected chi connectivity index (χ2v) is 5.11. The van der Waals surface area contributed by atoms with Crippen molar-refractivity contribution in [3.8, 4) is 11.5 Å². The van der Waals surface area contributed by atoms with E-state index in [0.29, 0.717) is 23.8 Å². The fourth-order valence-corrected chi connectivity index (χ4v) is 2.06. The van der Waals surface area contributed by atoms with Crippen molar-refractivity contribution in [1.29, 1.82) is 0 Å². The van der Waals surface area contributed by atoms with E-state index >= 15 is 0 Å². The number of benzene rings is 1. The van der Waals surface area contributed by atoms with Gasteiger partial charge in [0.1, 0.15) is 0 Å². The van der Waals surface area contributed by atoms with Crippen LogP contribution in [0.25, 0.3) is 0 Å². The average Bonchev–Trinajstić information content (AvgIpc) is 3.22. The number of hydrogen-bond donors (Lipinski definition) is 1. The van der Waals surface area contributed by atoms with Gasteiger partial charge in [0.15, 0.2) is 11.5 Å². The molecule has 116 valence electrons. The van der Waals surface area contributed by atoms with Gasteiger partial charge < -0.3 is 19.2 Å². The van der Waals surface area contributed by atoms with Gasteiger partial charge in [-0.05, 0) is 30.5 Å². The Kier molecular flexibility index (Phi) is 3.95. The summed E-state index contributed by atoms with van der Waals surface area (Å²) in [7, 11) is 3.16. The molecule has 22 heavy (non-hydrogen) atoms. The molecule has 1 aliphatic carbocycles. The van der Waals surface area contributed by atoms with Crippen LogP contribution in [0.3, 0.4) is 0 Å². The van der Waals surface area contributed by atoms with Crippen molar-refractivity contribution >= 4 is 5.91 Å². The number of nitrogens with zero attached hydrogens (tertiary/aromatic N) is 2. The second kappa shape index (κ2) is 6.05. The molecular weight excluding hydrogens is 286 g/mol. The summed E-state index contributed by atoms with van der Waals surface area (Å²) in [5, 5.41) is 10.5. The molecule has 0 radical (unpaired) electrons. The van der Waals surface area contributed by atoms with Crippen LogP contribution in [0.5, 0.6) is 11.5 Å². The van der Waals surface area contributed by atoms with Gasteiger partial charge in [0.25, 0.3) is 0 Å². The highest BCUT2D eigenvalue weighted by Crippen LogP contribution is 2.28. The van der Waals surface area contributed by atoms with Crippen molar-refractivity contribution in [2.45, 2.75) is 25.3 Å². The summed E-state index contributed by atoms with van der Waals surface area (Å²) in [6.45, 7) is 0. The fourth-order valence-electron chi connectivity index (χ4n) is 2.06. The number of aromatic nitrogens is 2. The van der Waals surface area contributed by atoms with Gasteiger partial charge in [0, 0.05) is 6.04 Å². The molecule has 1 fully saturated rings. The lowest BCUT2D eigenvalue weighted by atomic mass is 10.1. The molecule has 0 aliphatic heterocycles. The normalized spacial score (nSPS) is 13.7. The first-order valence-electron chi connectivity index (χ1n) is 7.03. The van der Waals surface area contributed by atoms with Gasteiger partial charge in [0.05, 0.1) is 20.6 Å². The molecule has 1 amide bonds. The summed E-state index contributed by atoms with van der Waals surface area (Å²) in [5.74, 6) is 1.36. The van der Waals surface area contributed by atoms with E-state index in [1.165, 1.54) is 0 Å². The topological polar surface area (TPSA) is 86.5 Å². The van der Waals surface area contributed by atoms with Crippen molar-refractivity contribution < 1.29 is 18.7 Å². The zero-order chi connectivity index (χ0) is 15.5. The number of nitrogens with one attached hydrogen (secondary N) is 1. The minimum absolute atomic E-state index is 0.00220. The Bertz CT molecular complexity index is 679. The summed E-state index contributed by atoms with van der Waals surface area (Å²) in [5.41, 5.74) is 0.926. The van der Waals surface area contributed by atoms with Gasteiger partial charge >= 0.3 is 11.8 Å². The Morgan fingerprint density at radius 2 is 2.05 bits per heavy atom. The number of rotatable bonds is 6. The van der Waals surface area contributed by atoms with E-state index in [4.69, 9.17) is 13.9 Å². The van der Waals surface area contributed by atoms with Crippen LogP contribution in [0.4, 0.5) is 0 Å². The maximum Gasteiger partial charge on any atom is 0.309 e. The van der Waals surface area contributed by atoms with E-state index in [1.807, 2.05) is 18.2 Å². The Morgan fingerprint density at radius 1 is 1.27 bits per heavy atom. The first kappa shape index (κ1) is 14.4. The largest absolute Gasteiger partial charge is 0.493 e. The maximum absolute atomic E-state index is 11.8. The van der Waals surface area contributed by atoms with Crippen LogP contribution in [0.2, 0.25) is 0 Å². The van der Waals surface area contributed by atoms with Gasteiger partial charge in [-0.3, -0.25) is 4.79 Å². The molecule has 1 heterocycles. The number of carbonyl (C=O) groups is 1. The third-order valence-corrected chi connectivity index (χ3v) is 3.38. The van der Waals surface area contributed by atoms with E-state index in [2.05, 4.69) is 15.5 Å². The maximum atomic E-state index is 11.8. The first-order valence-corrected chi connectivity index (χ1v) is 7.03. The SMILES string of the molecule is COc1ccc(Cc2nnc(C(=O)NC3CC3)o2)cc1OC. The zero-order valence-corrected chi connectivity index (χ0v) is 12.5. The highest BCUT2D eigenvalue weighted by atomic mass is 16.5. The van der Waals surface area contributed by atoms with Crippen molar-refractivity contribution in [2.75, 3.05) is 14.2 Å². The smallest absolute Gasteiger partial charge is 0.309 e. The van der Waals surface area contributed by atoms with Crippen LogP contribution in [-0.4, -0.2) is 36.4 Å². The van der Waals surface area contributed by atoms with Crippen LogP contribution in [-0.2, 0) is 6.42 Å². The summed E-state index contributed by atoms with van der Waals surface area (Å²) >= 11 is 0. The van der Waals surface area contributed by atoms with E-state index in [9.17, 15) is 4.79 Å². The van der Waals surface area contributed by atoms with Crippen LogP contribution < -0.4 is 14.8 Å². The molecule has 3 rings (SSSR count). The van der Waals surface area contributed by atoms with E-state index < -0.39 is 0 Å². The van der Waals surface area contributed by atoms with Gasteiger partial charge in [-0.2, -0.15) is 0 Å². The van der Waals surface area contributed by atoms with Crippen LogP contribution >= 0.6 is 0 Å². The molecule has 0 saturated heterocycles. The molecule has 1 aliphatic rings. The fraction of sp³-hybridized carbons (Fsp3) is 0.400. The molecule has 1 saturated carbocycles. The molecule has 0 spiro atoms. The Hall–Kier alpha value is -2.57. The van der Waals surface area contributed by atoms with Crippen LogP contribution in [0.1, 0.15) is 35.0 Å². The lowest BCUT2D eigenvalue weighted by Crippen LogP contribution is -2.25. The Morgan fingerprint density at radius 3 is 2.73 bits per heavy atom. The number of methoxy groups -OCH3 is 2. The highest BCUT2D eigenvalue weighted by Gasteiger charge is 2.26. The zero-order valence-electron chi connectivity index (χ0n) is 12.5. The van der Waals surface area contributed by atoms with Crippen molar-refractivity contribution in [2.24, 2.45) is 0 Å². The molecule has 7 heteroatoms. The summed E-state index contributed by atoms with van der Waals surface area (Å²) < 4.78 is 15.8. The molecule has 0 bridgehead atoms. The minimum atomic E-state index is -0.312. The number of ether oxygens (including phenoxy) is 2. The summed E-state index contributed by atoms with van der Waals surface area (Å²) in [6, 6.07) is 5.79. The quantitative estimate of drug-likeness (QED) is 0.871. The summed E-state index contributed by atoms with van der Waals surface area (Å²) in [6.07, 6.45) is 2.45. The van der Waals surface area contributed by atoms with Gasteiger partial charge in [0.2, 0.25) is 5.89 Å². The highest BCUT2D eigenvalue weighted by molar-refractivity contribution is 5.89. The standard InChI is InChI=1S/C15H17N3O4/c1-20-11-6-3-9(7-12(11)21-2)8-13-17-18-15(22-13)14(19)16-10-4-5-10/h3,6-7,10H,4-5,8H2,1-2H3,(H,16,19). The van der Waals surface area contributed by atoms with Crippen molar-refractivity contribution in [1.82, 2.24) is 15.5 Å². The lowest BCUT2D eigenvalue weighted by molar-refractivity contribution is 0.0914. The van der Waals surface area contributed by atoms with E-state index in [0.717, 1.165) is 18.4 Å². The monoisotopic (exact) mass is 303 g/mol. The Balaban J connectivity index is 1.70. The van der Waals surface area contributed by atoms with E-state index in [-0.39, 0.29) is 17.8 Å². The summed E-state index contributed by atoms with van der Waals surface area (Å²) in [4.78, 5) is 11.8. The van der Waals surface area contributed by atoms with E-state index in [1.54, 1.807) is 14.2 Å². The van der Waals surface area contributed by atoms with Crippen LogP contribution in [0, 0.1) is 0 Å². The van der Waals surface area contributed by atoms with Crippen molar-refractivity contribution in [3.05, 3.63) is 35.5 Å². The number of carbonyl (C=O) groups excluding carboxylic acids is 1. The van der Waals surface area contributed by atoms with Crippen LogP contribution in [0.15, 0.2) is 22.6 Å². The molecule has 2 aromatic rings. The van der Waals surface area contributed by atoms with Crippen molar-refractivity contribution in [3.63, 3.8) is 0 Å². The number of amides is 1. The third kappa shape index (κ3) is 3.19. The molecule has 1 aromatic carbocycles. The molecule has 1 N–H and O–H groups in total.